The molecule has 1 aliphatic heterocycles. The molecule has 0 saturated carbocycles. The smallest absolute Gasteiger partial charge is 0.309 e. The molecule has 0 aliphatic carbocycles. The summed E-state index contributed by atoms with van der Waals surface area (Å²) in [5, 5.41) is 10.2. The van der Waals surface area contributed by atoms with Gasteiger partial charge in [0.15, 0.2) is 0 Å². The van der Waals surface area contributed by atoms with E-state index in [1.54, 1.807) is 17.9 Å². The lowest BCUT2D eigenvalue weighted by Gasteiger charge is -2.31. The molecule has 0 spiro atoms. The molecule has 1 aromatic rings. The molecule has 0 atom stereocenters. The molecule has 1 N–H and O–H groups in total. The average molecular weight is 312 g/mol. The van der Waals surface area contributed by atoms with E-state index in [1.807, 2.05) is 0 Å². The monoisotopic (exact) mass is 311 g/mol. The molecule has 21 heavy (non-hydrogen) atoms. The Morgan fingerprint density at radius 3 is 2.62 bits per heavy atom. The van der Waals surface area contributed by atoms with E-state index in [0.29, 0.717) is 37.6 Å². The summed E-state index contributed by atoms with van der Waals surface area (Å²) in [5.41, 5.74) is 0.231. The van der Waals surface area contributed by atoms with Crippen LogP contribution < -0.4 is 0 Å². The number of aromatic hydroxyl groups is 1. The predicted molar refractivity (Wildman–Crippen MR) is 78.4 cm³/mol. The number of carbonyl (C=O) groups excluding carboxylic acids is 2. The van der Waals surface area contributed by atoms with E-state index in [2.05, 4.69) is 0 Å². The standard InChI is InChI=1S/C15H18ClNO4/c1-2-21-15(20)10-5-7-17(8-6-10)14(19)12-4-3-11(16)9-13(12)18/h3-4,9-10,18H,2,5-8H2,1H3. The Hall–Kier alpha value is -1.75. The molecule has 1 aromatic carbocycles. The average Bonchev–Trinajstić information content (AvgIpc) is 2.47. The molecule has 114 valence electrons. The normalized spacial score (nSPS) is 15.8. The maximum Gasteiger partial charge on any atom is 0.309 e. The first-order valence-electron chi connectivity index (χ1n) is 6.97. The van der Waals surface area contributed by atoms with Crippen LogP contribution in [0, 0.1) is 5.92 Å². The quantitative estimate of drug-likeness (QED) is 0.871. The van der Waals surface area contributed by atoms with E-state index in [4.69, 9.17) is 16.3 Å². The molecule has 0 radical (unpaired) electrons. The summed E-state index contributed by atoms with van der Waals surface area (Å²) in [6.07, 6.45) is 1.16. The SMILES string of the molecule is CCOC(=O)C1CCN(C(=O)c2ccc(Cl)cc2O)CC1. The van der Waals surface area contributed by atoms with E-state index < -0.39 is 0 Å². The van der Waals surface area contributed by atoms with Gasteiger partial charge in [0.25, 0.3) is 5.91 Å². The topological polar surface area (TPSA) is 66.8 Å². The van der Waals surface area contributed by atoms with Crippen molar-refractivity contribution in [2.45, 2.75) is 19.8 Å². The summed E-state index contributed by atoms with van der Waals surface area (Å²) >= 11 is 5.75. The lowest BCUT2D eigenvalue weighted by Crippen LogP contribution is -2.40. The fourth-order valence-corrected chi connectivity index (χ4v) is 2.60. The van der Waals surface area contributed by atoms with Gasteiger partial charge in [0.2, 0.25) is 0 Å². The number of rotatable bonds is 3. The number of likely N-dealkylation sites (tertiary alicyclic amines) is 1. The lowest BCUT2D eigenvalue weighted by atomic mass is 9.96. The third kappa shape index (κ3) is 3.67. The Morgan fingerprint density at radius 2 is 2.05 bits per heavy atom. The molecular weight excluding hydrogens is 294 g/mol. The molecule has 5 nitrogen and oxygen atoms in total. The number of benzene rings is 1. The van der Waals surface area contributed by atoms with Crippen molar-refractivity contribution in [2.24, 2.45) is 5.92 Å². The molecule has 1 amide bonds. The number of halogens is 1. The van der Waals surface area contributed by atoms with Crippen LogP contribution in [0.1, 0.15) is 30.1 Å². The van der Waals surface area contributed by atoms with Crippen LogP contribution in [0.25, 0.3) is 0 Å². The molecular formula is C15H18ClNO4. The summed E-state index contributed by atoms with van der Waals surface area (Å²) in [6, 6.07) is 4.43. The summed E-state index contributed by atoms with van der Waals surface area (Å²) in [6.45, 7) is 3.10. The van der Waals surface area contributed by atoms with E-state index >= 15 is 0 Å². The van der Waals surface area contributed by atoms with Crippen LogP contribution in [0.4, 0.5) is 0 Å². The van der Waals surface area contributed by atoms with Crippen molar-refractivity contribution in [2.75, 3.05) is 19.7 Å². The number of hydrogen-bond donors (Lipinski definition) is 1. The first-order valence-corrected chi connectivity index (χ1v) is 7.35. The van der Waals surface area contributed by atoms with E-state index in [1.165, 1.54) is 12.1 Å². The number of ether oxygens (including phenoxy) is 1. The van der Waals surface area contributed by atoms with Gasteiger partial charge in [-0.15, -0.1) is 0 Å². The number of esters is 1. The number of hydrogen-bond acceptors (Lipinski definition) is 4. The number of carbonyl (C=O) groups is 2. The van der Waals surface area contributed by atoms with Crippen LogP contribution >= 0.6 is 11.6 Å². The number of amides is 1. The second-order valence-corrected chi connectivity index (χ2v) is 5.42. The van der Waals surface area contributed by atoms with Gasteiger partial charge in [0.05, 0.1) is 18.1 Å². The van der Waals surface area contributed by atoms with E-state index in [9.17, 15) is 14.7 Å². The maximum atomic E-state index is 12.3. The minimum atomic E-state index is -0.244. The Kier molecular flexibility index (Phi) is 5.07. The summed E-state index contributed by atoms with van der Waals surface area (Å²) in [7, 11) is 0. The predicted octanol–water partition coefficient (Wildman–Crippen LogP) is 2.46. The number of piperidine rings is 1. The van der Waals surface area contributed by atoms with E-state index in [-0.39, 0.29) is 29.1 Å². The van der Waals surface area contributed by atoms with Crippen molar-refractivity contribution in [3.8, 4) is 5.75 Å². The van der Waals surface area contributed by atoms with Crippen molar-refractivity contribution in [1.82, 2.24) is 4.90 Å². The highest BCUT2D eigenvalue weighted by Gasteiger charge is 2.29. The highest BCUT2D eigenvalue weighted by atomic mass is 35.5. The molecule has 1 fully saturated rings. The van der Waals surface area contributed by atoms with Crippen molar-refractivity contribution in [3.63, 3.8) is 0 Å². The molecule has 1 aliphatic rings. The van der Waals surface area contributed by atoms with Gasteiger partial charge in [-0.25, -0.2) is 0 Å². The third-order valence-electron chi connectivity index (χ3n) is 3.59. The number of phenols is 1. The Labute approximate surface area is 128 Å². The maximum absolute atomic E-state index is 12.3. The van der Waals surface area contributed by atoms with Crippen LogP contribution in [-0.4, -0.2) is 41.6 Å². The first kappa shape index (κ1) is 15.6. The van der Waals surface area contributed by atoms with E-state index in [0.717, 1.165) is 0 Å². The minimum absolute atomic E-state index is 0.125. The van der Waals surface area contributed by atoms with Gasteiger partial charge in [-0.2, -0.15) is 0 Å². The molecule has 0 bridgehead atoms. The van der Waals surface area contributed by atoms with Crippen LogP contribution in [0.2, 0.25) is 5.02 Å². The number of phenolic OH excluding ortho intramolecular Hbond substituents is 1. The van der Waals surface area contributed by atoms with Crippen molar-refractivity contribution in [3.05, 3.63) is 28.8 Å². The lowest BCUT2D eigenvalue weighted by molar-refractivity contribution is -0.149. The largest absolute Gasteiger partial charge is 0.507 e. The minimum Gasteiger partial charge on any atom is -0.507 e. The highest BCUT2D eigenvalue weighted by Crippen LogP contribution is 2.26. The molecule has 0 aromatic heterocycles. The van der Waals surface area contributed by atoms with Crippen LogP contribution in [-0.2, 0) is 9.53 Å². The zero-order valence-corrected chi connectivity index (χ0v) is 12.6. The fourth-order valence-electron chi connectivity index (χ4n) is 2.43. The van der Waals surface area contributed by atoms with Gasteiger partial charge in [0.1, 0.15) is 5.75 Å². The zero-order chi connectivity index (χ0) is 15.4. The fraction of sp³-hybridized carbons (Fsp3) is 0.467. The molecule has 6 heteroatoms. The highest BCUT2D eigenvalue weighted by molar-refractivity contribution is 6.30. The van der Waals surface area contributed by atoms with Gasteiger partial charge >= 0.3 is 5.97 Å². The van der Waals surface area contributed by atoms with Crippen molar-refractivity contribution >= 4 is 23.5 Å². The second-order valence-electron chi connectivity index (χ2n) is 4.98. The molecule has 0 unspecified atom stereocenters. The summed E-state index contributed by atoms with van der Waals surface area (Å²) in [5.74, 6) is -0.710. The number of nitrogens with zero attached hydrogens (tertiary/aromatic N) is 1. The first-order chi connectivity index (χ1) is 10.0. The Bertz CT molecular complexity index is 538. The van der Waals surface area contributed by atoms with Crippen molar-refractivity contribution < 1.29 is 19.4 Å². The van der Waals surface area contributed by atoms with Gasteiger partial charge in [-0.1, -0.05) is 11.6 Å². The Balaban J connectivity index is 1.98. The van der Waals surface area contributed by atoms with Gasteiger partial charge in [-0.3, -0.25) is 9.59 Å². The summed E-state index contributed by atoms with van der Waals surface area (Å²) < 4.78 is 5.00. The zero-order valence-electron chi connectivity index (χ0n) is 11.8. The third-order valence-corrected chi connectivity index (χ3v) is 3.83. The molecule has 1 saturated heterocycles. The van der Waals surface area contributed by atoms with Crippen LogP contribution in [0.3, 0.4) is 0 Å². The van der Waals surface area contributed by atoms with Gasteiger partial charge in [0, 0.05) is 18.1 Å². The van der Waals surface area contributed by atoms with Crippen molar-refractivity contribution in [1.29, 1.82) is 0 Å². The summed E-state index contributed by atoms with van der Waals surface area (Å²) in [4.78, 5) is 25.6. The molecule has 1 heterocycles. The second kappa shape index (κ2) is 6.80. The van der Waals surface area contributed by atoms with Crippen LogP contribution in [0.15, 0.2) is 18.2 Å². The van der Waals surface area contributed by atoms with Crippen LogP contribution in [0.5, 0.6) is 5.75 Å². The van der Waals surface area contributed by atoms with Gasteiger partial charge < -0.3 is 14.7 Å². The Morgan fingerprint density at radius 1 is 1.38 bits per heavy atom. The molecule has 2 rings (SSSR count). The van der Waals surface area contributed by atoms with Gasteiger partial charge in [-0.05, 0) is 38.0 Å².